The van der Waals surface area contributed by atoms with Gasteiger partial charge in [0.1, 0.15) is 23.9 Å². The Balaban J connectivity index is 1.48. The molecule has 0 spiro atoms. The average molecular weight is 523 g/mol. The highest BCUT2D eigenvalue weighted by atomic mass is 35.5. The molecule has 1 saturated heterocycles. The van der Waals surface area contributed by atoms with Crippen molar-refractivity contribution in [1.29, 1.82) is 0 Å². The molecule has 1 fully saturated rings. The first kappa shape index (κ1) is 24.9. The fraction of sp³-hybridized carbons (Fsp3) is 0.409. The van der Waals surface area contributed by atoms with Crippen LogP contribution in [0, 0.1) is 13.8 Å². The minimum atomic E-state index is -1.35. The number of ether oxygens (including phenoxy) is 2. The Morgan fingerprint density at radius 2 is 2.20 bits per heavy atom. The van der Waals surface area contributed by atoms with Crippen molar-refractivity contribution in [3.8, 4) is 16.5 Å². The Bertz CT molecular complexity index is 1220. The quantitative estimate of drug-likeness (QED) is 0.464. The highest BCUT2D eigenvalue weighted by Crippen LogP contribution is 2.40. The number of aromatic nitrogens is 4. The molecule has 0 saturated carbocycles. The Morgan fingerprint density at radius 3 is 2.83 bits per heavy atom. The van der Waals surface area contributed by atoms with Gasteiger partial charge in [0.25, 0.3) is 5.91 Å². The average Bonchev–Trinajstić information content (AvgIpc) is 3.37. The summed E-state index contributed by atoms with van der Waals surface area (Å²) >= 11 is 7.26. The van der Waals surface area contributed by atoms with Gasteiger partial charge in [-0.3, -0.25) is 4.79 Å². The lowest BCUT2D eigenvalue weighted by Crippen LogP contribution is -2.52. The summed E-state index contributed by atoms with van der Waals surface area (Å²) in [5.74, 6) is -0.399. The highest BCUT2D eigenvalue weighted by Gasteiger charge is 2.33. The maximum absolute atomic E-state index is 15.1. The molecular formula is C22H24ClFN6O4S. The second-order valence-corrected chi connectivity index (χ2v) is 9.22. The summed E-state index contributed by atoms with van der Waals surface area (Å²) in [7, 11) is 0. The van der Waals surface area contributed by atoms with Crippen LogP contribution < -0.4 is 15.0 Å². The number of amides is 1. The van der Waals surface area contributed by atoms with E-state index in [1.165, 1.54) is 6.33 Å². The lowest BCUT2D eigenvalue weighted by molar-refractivity contribution is 0.0893. The number of rotatable bonds is 6. The Hall–Kier alpha value is -3.25. The van der Waals surface area contributed by atoms with Crippen molar-refractivity contribution in [1.82, 2.24) is 25.3 Å². The number of H-pyrrole nitrogens is 1. The molecular weight excluding hydrogens is 499 g/mol. The van der Waals surface area contributed by atoms with Gasteiger partial charge in [-0.15, -0.1) is 0 Å². The molecule has 2 N–H and O–H groups in total. The summed E-state index contributed by atoms with van der Waals surface area (Å²) in [5.41, 5.74) is 2.43. The zero-order valence-corrected chi connectivity index (χ0v) is 20.9. The van der Waals surface area contributed by atoms with E-state index in [2.05, 4.69) is 25.3 Å². The highest BCUT2D eigenvalue weighted by molar-refractivity contribution is 7.18. The van der Waals surface area contributed by atoms with E-state index < -0.39 is 24.3 Å². The number of alkyl halides is 1. The van der Waals surface area contributed by atoms with Crippen molar-refractivity contribution >= 4 is 40.1 Å². The van der Waals surface area contributed by atoms with E-state index in [4.69, 9.17) is 21.1 Å². The zero-order valence-electron chi connectivity index (χ0n) is 19.3. The molecule has 13 heteroatoms. The van der Waals surface area contributed by atoms with Crippen molar-refractivity contribution < 1.29 is 23.5 Å². The molecule has 0 bridgehead atoms. The zero-order chi connectivity index (χ0) is 25.1. The van der Waals surface area contributed by atoms with Gasteiger partial charge in [-0.2, -0.15) is 0 Å². The molecule has 2 atom stereocenters. The number of halogens is 2. The van der Waals surface area contributed by atoms with Gasteiger partial charge in [0.15, 0.2) is 5.13 Å². The van der Waals surface area contributed by atoms with E-state index in [0.29, 0.717) is 51.5 Å². The predicted molar refractivity (Wildman–Crippen MR) is 129 cm³/mol. The van der Waals surface area contributed by atoms with Crippen LogP contribution in [0.25, 0.3) is 11.4 Å². The van der Waals surface area contributed by atoms with Gasteiger partial charge >= 0.3 is 6.16 Å². The van der Waals surface area contributed by atoms with E-state index in [0.717, 1.165) is 11.3 Å². The van der Waals surface area contributed by atoms with Crippen LogP contribution in [0.5, 0.6) is 5.06 Å². The second-order valence-electron chi connectivity index (χ2n) is 7.91. The Labute approximate surface area is 209 Å². The summed E-state index contributed by atoms with van der Waals surface area (Å²) < 4.78 is 25.3. The first-order chi connectivity index (χ1) is 16.8. The van der Waals surface area contributed by atoms with Crippen LogP contribution >= 0.6 is 22.9 Å². The number of nitrogens with zero attached hydrogens (tertiary/aromatic N) is 4. The van der Waals surface area contributed by atoms with Gasteiger partial charge in [0, 0.05) is 18.4 Å². The van der Waals surface area contributed by atoms with Gasteiger partial charge in [-0.1, -0.05) is 22.9 Å². The summed E-state index contributed by atoms with van der Waals surface area (Å²) in [6, 6.07) is 0.963. The lowest BCUT2D eigenvalue weighted by Gasteiger charge is -2.34. The fourth-order valence-electron chi connectivity index (χ4n) is 3.75. The molecule has 10 nitrogen and oxygen atoms in total. The summed E-state index contributed by atoms with van der Waals surface area (Å²) in [6.45, 7) is 5.77. The maximum Gasteiger partial charge on any atom is 0.514 e. The molecule has 1 amide bonds. The molecule has 1 aliphatic rings. The molecule has 0 unspecified atom stereocenters. The van der Waals surface area contributed by atoms with E-state index in [9.17, 15) is 9.59 Å². The van der Waals surface area contributed by atoms with E-state index in [-0.39, 0.29) is 18.2 Å². The third-order valence-electron chi connectivity index (χ3n) is 5.55. The molecule has 4 heterocycles. The SMILES string of the molecule is CCOC(=O)Oc1sc(N2CC[C@@H](NC(=O)c3[nH]c(C)c(Cl)c3C)[C@@H](F)C2)nc1-c1ccncn1. The lowest BCUT2D eigenvalue weighted by atomic mass is 10.0. The number of nitrogens with one attached hydrogen (secondary N) is 2. The molecule has 3 aromatic heterocycles. The summed E-state index contributed by atoms with van der Waals surface area (Å²) in [5, 5.41) is 3.92. The number of piperidine rings is 1. The van der Waals surface area contributed by atoms with Crippen LogP contribution in [0.1, 0.15) is 35.1 Å². The van der Waals surface area contributed by atoms with Crippen molar-refractivity contribution in [2.75, 3.05) is 24.6 Å². The number of thiazole rings is 1. The molecule has 4 rings (SSSR count). The largest absolute Gasteiger partial charge is 0.514 e. The smallest absolute Gasteiger partial charge is 0.434 e. The van der Waals surface area contributed by atoms with Crippen LogP contribution in [0.2, 0.25) is 5.02 Å². The maximum atomic E-state index is 15.1. The molecule has 0 aromatic carbocycles. The van der Waals surface area contributed by atoms with E-state index in [1.807, 2.05) is 0 Å². The van der Waals surface area contributed by atoms with Crippen LogP contribution in [0.3, 0.4) is 0 Å². The van der Waals surface area contributed by atoms with Crippen LogP contribution in [-0.2, 0) is 4.74 Å². The number of carbonyl (C=O) groups is 2. The molecule has 1 aliphatic heterocycles. The van der Waals surface area contributed by atoms with Gasteiger partial charge < -0.3 is 24.7 Å². The van der Waals surface area contributed by atoms with Crippen LogP contribution in [0.15, 0.2) is 18.6 Å². The molecule has 35 heavy (non-hydrogen) atoms. The summed E-state index contributed by atoms with van der Waals surface area (Å²) in [4.78, 5) is 41.9. The van der Waals surface area contributed by atoms with Gasteiger partial charge in [0.05, 0.1) is 29.9 Å². The monoisotopic (exact) mass is 522 g/mol. The Morgan fingerprint density at radius 1 is 1.40 bits per heavy atom. The number of carbonyl (C=O) groups excluding carboxylic acids is 2. The normalized spacial score (nSPS) is 17.8. The second kappa shape index (κ2) is 10.6. The van der Waals surface area contributed by atoms with E-state index >= 15 is 4.39 Å². The number of hydrogen-bond donors (Lipinski definition) is 2. The number of anilines is 1. The van der Waals surface area contributed by atoms with Gasteiger partial charge in [-0.05, 0) is 38.8 Å². The van der Waals surface area contributed by atoms with Crippen molar-refractivity contribution in [2.24, 2.45) is 0 Å². The van der Waals surface area contributed by atoms with Crippen molar-refractivity contribution in [3.63, 3.8) is 0 Å². The number of hydrogen-bond acceptors (Lipinski definition) is 9. The van der Waals surface area contributed by atoms with Gasteiger partial charge in [-0.25, -0.2) is 24.1 Å². The number of aryl methyl sites for hydroxylation is 1. The third kappa shape index (κ3) is 5.38. The predicted octanol–water partition coefficient (Wildman–Crippen LogP) is 4.08. The fourth-order valence-corrected chi connectivity index (χ4v) is 4.85. The van der Waals surface area contributed by atoms with Crippen molar-refractivity contribution in [3.05, 3.63) is 40.6 Å². The molecule has 3 aromatic rings. The van der Waals surface area contributed by atoms with E-state index in [1.54, 1.807) is 37.9 Å². The molecule has 0 aliphatic carbocycles. The van der Waals surface area contributed by atoms with Crippen LogP contribution in [0.4, 0.5) is 14.3 Å². The van der Waals surface area contributed by atoms with Gasteiger partial charge in [0.2, 0.25) is 5.06 Å². The third-order valence-corrected chi connectivity index (χ3v) is 7.11. The van der Waals surface area contributed by atoms with Crippen molar-refractivity contribution in [2.45, 2.75) is 39.4 Å². The Kier molecular flexibility index (Phi) is 7.51. The minimum absolute atomic E-state index is 0.00398. The summed E-state index contributed by atoms with van der Waals surface area (Å²) in [6.07, 6.45) is 1.05. The number of aromatic amines is 1. The topological polar surface area (TPSA) is 122 Å². The minimum Gasteiger partial charge on any atom is -0.434 e. The van der Waals surface area contributed by atoms with Crippen LogP contribution in [-0.4, -0.2) is 63.9 Å². The molecule has 186 valence electrons. The standard InChI is InChI=1S/C22H24ClFN6O4S/c1-4-33-22(32)34-20-18(15-5-7-25-10-26-15)29-21(35-20)30-8-6-14(13(24)9-30)28-19(31)17-11(2)16(23)12(3)27-17/h5,7,10,13-14,27H,4,6,8-9H2,1-3H3,(H,28,31)/t13-,14+/m0/s1. The first-order valence-electron chi connectivity index (χ1n) is 10.9. The first-order valence-corrected chi connectivity index (χ1v) is 12.1. The molecule has 0 radical (unpaired) electrons.